The number of methoxy groups -OCH3 is 1. The first kappa shape index (κ1) is 23.4. The molecule has 1 aliphatic carbocycles. The molecule has 0 aromatic heterocycles. The summed E-state index contributed by atoms with van der Waals surface area (Å²) in [5.74, 6) is 0.868. The van der Waals surface area contributed by atoms with Gasteiger partial charge in [0.2, 0.25) is 5.91 Å². The van der Waals surface area contributed by atoms with E-state index in [1.54, 1.807) is 7.11 Å². The maximum Gasteiger partial charge on any atom is 0.221 e. The number of guanidine groups is 1. The van der Waals surface area contributed by atoms with Crippen LogP contribution < -0.4 is 16.0 Å². The molecule has 0 radical (unpaired) electrons. The molecular weight excluding hydrogens is 419 g/mol. The number of rotatable bonds is 10. The number of carbonyl (C=O) groups excluding carboxylic acids is 1. The summed E-state index contributed by atoms with van der Waals surface area (Å²) in [5, 5.41) is 9.39. The van der Waals surface area contributed by atoms with Crippen molar-refractivity contribution in [3.63, 3.8) is 0 Å². The molecule has 1 aliphatic rings. The predicted octanol–water partition coefficient (Wildman–Crippen LogP) is 2.28. The van der Waals surface area contributed by atoms with Gasteiger partial charge in [0, 0.05) is 45.8 Å². The Morgan fingerprint density at radius 1 is 1.29 bits per heavy atom. The van der Waals surface area contributed by atoms with Gasteiger partial charge >= 0.3 is 0 Å². The first-order valence-corrected chi connectivity index (χ1v) is 8.82. The third kappa shape index (κ3) is 9.05. The number of hydrogen-bond acceptors (Lipinski definition) is 3. The summed E-state index contributed by atoms with van der Waals surface area (Å²) in [7, 11) is 1.75. The van der Waals surface area contributed by atoms with E-state index in [1.807, 2.05) is 20.8 Å². The first-order chi connectivity index (χ1) is 11.0. The lowest BCUT2D eigenvalue weighted by molar-refractivity contribution is -0.121. The number of ether oxygens (including phenoxy) is 1. The highest BCUT2D eigenvalue weighted by Gasteiger charge is 2.36. The molecule has 0 atom stereocenters. The normalized spacial score (nSPS) is 16.1. The van der Waals surface area contributed by atoms with Crippen LogP contribution in [0.1, 0.15) is 52.9 Å². The third-order valence-electron chi connectivity index (χ3n) is 4.26. The number of amides is 1. The molecule has 1 saturated carbocycles. The van der Waals surface area contributed by atoms with E-state index in [-0.39, 0.29) is 35.9 Å². The van der Waals surface area contributed by atoms with Crippen molar-refractivity contribution in [2.24, 2.45) is 10.4 Å². The van der Waals surface area contributed by atoms with Crippen LogP contribution >= 0.6 is 24.0 Å². The minimum Gasteiger partial charge on any atom is -0.385 e. The van der Waals surface area contributed by atoms with E-state index >= 15 is 0 Å². The monoisotopic (exact) mass is 454 g/mol. The van der Waals surface area contributed by atoms with E-state index < -0.39 is 0 Å². The average Bonchev–Trinajstić information content (AvgIpc) is 2.44. The van der Waals surface area contributed by atoms with E-state index in [2.05, 4.69) is 16.0 Å². The molecule has 0 bridgehead atoms. The minimum atomic E-state index is 0. The van der Waals surface area contributed by atoms with Crippen molar-refractivity contribution >= 4 is 35.8 Å². The highest BCUT2D eigenvalue weighted by atomic mass is 127. The summed E-state index contributed by atoms with van der Waals surface area (Å²) in [5.41, 5.74) is 0.313. The Labute approximate surface area is 164 Å². The van der Waals surface area contributed by atoms with Crippen LogP contribution in [-0.4, -0.2) is 51.3 Å². The third-order valence-corrected chi connectivity index (χ3v) is 4.26. The molecule has 0 aliphatic heterocycles. The van der Waals surface area contributed by atoms with Crippen LogP contribution in [0.2, 0.25) is 0 Å². The molecular formula is C17H35IN4O2. The lowest BCUT2D eigenvalue weighted by atomic mass is 9.67. The second kappa shape index (κ2) is 12.7. The number of aliphatic imine (C=N–C) groups is 1. The van der Waals surface area contributed by atoms with Crippen LogP contribution in [0.4, 0.5) is 0 Å². The molecule has 0 aromatic rings. The number of halogens is 1. The van der Waals surface area contributed by atoms with Crippen LogP contribution in [0.15, 0.2) is 4.99 Å². The van der Waals surface area contributed by atoms with E-state index in [4.69, 9.17) is 9.73 Å². The Balaban J connectivity index is 0.00000529. The van der Waals surface area contributed by atoms with Gasteiger partial charge in [-0.1, -0.05) is 6.42 Å². The lowest BCUT2D eigenvalue weighted by Gasteiger charge is -2.40. The van der Waals surface area contributed by atoms with Gasteiger partial charge < -0.3 is 20.7 Å². The zero-order valence-corrected chi connectivity index (χ0v) is 17.9. The number of carbonyl (C=O) groups is 1. The summed E-state index contributed by atoms with van der Waals surface area (Å²) >= 11 is 0. The smallest absolute Gasteiger partial charge is 0.221 e. The van der Waals surface area contributed by atoms with Gasteiger partial charge in [-0.25, -0.2) is 0 Å². The molecule has 1 rings (SSSR count). The second-order valence-corrected chi connectivity index (χ2v) is 6.69. The average molecular weight is 454 g/mol. The Morgan fingerprint density at radius 2 is 2.00 bits per heavy atom. The minimum absolute atomic E-state index is 0. The molecule has 7 heteroatoms. The number of nitrogens with one attached hydrogen (secondary N) is 3. The van der Waals surface area contributed by atoms with Gasteiger partial charge in [-0.3, -0.25) is 9.79 Å². The maximum atomic E-state index is 11.7. The first-order valence-electron chi connectivity index (χ1n) is 8.82. The quantitative estimate of drug-likeness (QED) is 0.269. The Kier molecular flexibility index (Phi) is 12.4. The fourth-order valence-electron chi connectivity index (χ4n) is 2.76. The highest BCUT2D eigenvalue weighted by molar-refractivity contribution is 14.0. The van der Waals surface area contributed by atoms with E-state index in [0.717, 1.165) is 32.1 Å². The van der Waals surface area contributed by atoms with E-state index in [0.29, 0.717) is 18.4 Å². The zero-order valence-electron chi connectivity index (χ0n) is 15.6. The Bertz CT molecular complexity index is 385. The van der Waals surface area contributed by atoms with Gasteiger partial charge in [-0.15, -0.1) is 24.0 Å². The van der Waals surface area contributed by atoms with Crippen LogP contribution in [0.5, 0.6) is 0 Å². The van der Waals surface area contributed by atoms with Crippen molar-refractivity contribution in [3.05, 3.63) is 0 Å². The molecule has 0 saturated heterocycles. The van der Waals surface area contributed by atoms with Crippen molar-refractivity contribution in [3.8, 4) is 0 Å². The van der Waals surface area contributed by atoms with Crippen LogP contribution in [0.3, 0.4) is 0 Å². The van der Waals surface area contributed by atoms with Gasteiger partial charge in [0.05, 0.1) is 0 Å². The van der Waals surface area contributed by atoms with Crippen LogP contribution in [-0.2, 0) is 9.53 Å². The molecule has 24 heavy (non-hydrogen) atoms. The summed E-state index contributed by atoms with van der Waals surface area (Å²) in [6.45, 7) is 9.01. The molecule has 0 heterocycles. The van der Waals surface area contributed by atoms with Gasteiger partial charge in [0.15, 0.2) is 5.96 Å². The van der Waals surface area contributed by atoms with E-state index in [9.17, 15) is 4.79 Å². The Hall–Kier alpha value is -0.570. The van der Waals surface area contributed by atoms with Gasteiger partial charge in [0.1, 0.15) is 0 Å². The molecule has 1 fully saturated rings. The topological polar surface area (TPSA) is 74.8 Å². The molecule has 0 unspecified atom stereocenters. The van der Waals surface area contributed by atoms with Crippen molar-refractivity contribution in [1.29, 1.82) is 0 Å². The maximum absolute atomic E-state index is 11.7. The van der Waals surface area contributed by atoms with Crippen molar-refractivity contribution in [2.45, 2.75) is 58.9 Å². The Morgan fingerprint density at radius 3 is 2.50 bits per heavy atom. The fourth-order valence-corrected chi connectivity index (χ4v) is 2.76. The predicted molar refractivity (Wildman–Crippen MR) is 110 cm³/mol. The molecule has 1 amide bonds. The van der Waals surface area contributed by atoms with Crippen molar-refractivity contribution in [2.75, 3.05) is 33.4 Å². The number of hydrogen-bond donors (Lipinski definition) is 3. The second-order valence-electron chi connectivity index (χ2n) is 6.69. The van der Waals surface area contributed by atoms with Crippen molar-refractivity contribution < 1.29 is 9.53 Å². The summed E-state index contributed by atoms with van der Waals surface area (Å²) in [6.07, 6.45) is 5.28. The standard InChI is InChI=1S/C17H34N4O2.HI/c1-5-18-16(19-11-7-15(22)21-14(2)3)20-13-17(8-6-9-17)10-12-23-4;/h14H,5-13H2,1-4H3,(H,21,22)(H2,18,19,20);1H. The molecule has 0 spiro atoms. The largest absolute Gasteiger partial charge is 0.385 e. The summed E-state index contributed by atoms with van der Waals surface area (Å²) < 4.78 is 5.23. The molecule has 3 N–H and O–H groups in total. The van der Waals surface area contributed by atoms with Crippen molar-refractivity contribution in [1.82, 2.24) is 16.0 Å². The fraction of sp³-hybridized carbons (Fsp3) is 0.882. The van der Waals surface area contributed by atoms with E-state index in [1.165, 1.54) is 19.3 Å². The zero-order chi connectivity index (χ0) is 17.1. The van der Waals surface area contributed by atoms with Crippen LogP contribution in [0.25, 0.3) is 0 Å². The molecule has 6 nitrogen and oxygen atoms in total. The summed E-state index contributed by atoms with van der Waals surface area (Å²) in [4.78, 5) is 16.4. The van der Waals surface area contributed by atoms with Gasteiger partial charge in [-0.05, 0) is 45.4 Å². The SMILES string of the molecule is CCNC(=NCC1(CCOC)CCC1)NCCC(=O)NC(C)C.I. The molecule has 142 valence electrons. The molecule has 0 aromatic carbocycles. The lowest BCUT2D eigenvalue weighted by Crippen LogP contribution is -2.41. The van der Waals surface area contributed by atoms with Gasteiger partial charge in [0.25, 0.3) is 0 Å². The van der Waals surface area contributed by atoms with Crippen LogP contribution in [0, 0.1) is 5.41 Å². The highest BCUT2D eigenvalue weighted by Crippen LogP contribution is 2.44. The van der Waals surface area contributed by atoms with Gasteiger partial charge in [-0.2, -0.15) is 0 Å². The number of nitrogens with zero attached hydrogens (tertiary/aromatic N) is 1. The summed E-state index contributed by atoms with van der Waals surface area (Å²) in [6, 6.07) is 0.184.